The standard InChI is InChI=1S/C24H24ClN5OS/c25-18-6-7-22-19(15-18)20(14-17-4-1-2-5-21(17)32-22)28-23(31)16-29-10-12-30(13-11-29)24-26-8-3-9-27-24/h1-9,15,20H,10-14,16H2,(H,28,31)/t20-/m1/s1. The van der Waals surface area contributed by atoms with Crippen LogP contribution in [-0.4, -0.2) is 53.5 Å². The molecular formula is C24H24ClN5OS. The Kier molecular flexibility index (Phi) is 6.30. The van der Waals surface area contributed by atoms with E-state index in [2.05, 4.69) is 55.4 Å². The van der Waals surface area contributed by atoms with Crippen molar-refractivity contribution < 1.29 is 4.79 Å². The van der Waals surface area contributed by atoms with E-state index in [0.717, 1.165) is 49.0 Å². The zero-order valence-electron chi connectivity index (χ0n) is 17.6. The molecule has 3 aromatic rings. The predicted octanol–water partition coefficient (Wildman–Crippen LogP) is 3.82. The van der Waals surface area contributed by atoms with E-state index >= 15 is 0 Å². The van der Waals surface area contributed by atoms with Crippen LogP contribution >= 0.6 is 23.4 Å². The number of anilines is 1. The summed E-state index contributed by atoms with van der Waals surface area (Å²) in [6.45, 7) is 3.60. The maximum atomic E-state index is 13.0. The smallest absolute Gasteiger partial charge is 0.234 e. The molecule has 164 valence electrons. The molecule has 1 aromatic heterocycles. The van der Waals surface area contributed by atoms with Crippen molar-refractivity contribution in [3.8, 4) is 0 Å². The van der Waals surface area contributed by atoms with Gasteiger partial charge in [-0.2, -0.15) is 0 Å². The van der Waals surface area contributed by atoms with E-state index in [4.69, 9.17) is 11.6 Å². The first-order valence-electron chi connectivity index (χ1n) is 10.7. The molecule has 32 heavy (non-hydrogen) atoms. The van der Waals surface area contributed by atoms with Crippen molar-refractivity contribution in [2.75, 3.05) is 37.6 Å². The molecular weight excluding hydrogens is 442 g/mol. The molecule has 1 N–H and O–H groups in total. The average Bonchev–Trinajstić information content (AvgIpc) is 2.96. The highest BCUT2D eigenvalue weighted by atomic mass is 35.5. The number of benzene rings is 2. The minimum absolute atomic E-state index is 0.0368. The van der Waals surface area contributed by atoms with Gasteiger partial charge in [-0.25, -0.2) is 9.97 Å². The van der Waals surface area contributed by atoms with Gasteiger partial charge in [0.1, 0.15) is 0 Å². The highest BCUT2D eigenvalue weighted by Gasteiger charge is 2.26. The lowest BCUT2D eigenvalue weighted by molar-refractivity contribution is -0.123. The number of carbonyl (C=O) groups excluding carboxylic acids is 1. The van der Waals surface area contributed by atoms with E-state index < -0.39 is 0 Å². The summed E-state index contributed by atoms with van der Waals surface area (Å²) < 4.78 is 0. The van der Waals surface area contributed by atoms with Crippen LogP contribution in [0.2, 0.25) is 5.02 Å². The monoisotopic (exact) mass is 465 g/mol. The number of nitrogens with zero attached hydrogens (tertiary/aromatic N) is 4. The molecule has 1 amide bonds. The van der Waals surface area contributed by atoms with Crippen LogP contribution < -0.4 is 10.2 Å². The molecule has 0 unspecified atom stereocenters. The van der Waals surface area contributed by atoms with Gasteiger partial charge in [-0.05, 0) is 47.9 Å². The van der Waals surface area contributed by atoms with Gasteiger partial charge in [0.2, 0.25) is 11.9 Å². The van der Waals surface area contributed by atoms with Gasteiger partial charge in [0.15, 0.2) is 0 Å². The summed E-state index contributed by atoms with van der Waals surface area (Å²) in [6, 6.07) is 16.0. The number of piperazine rings is 1. The van der Waals surface area contributed by atoms with Gasteiger partial charge < -0.3 is 10.2 Å². The number of hydrogen-bond donors (Lipinski definition) is 1. The van der Waals surface area contributed by atoms with Crippen LogP contribution in [-0.2, 0) is 11.2 Å². The predicted molar refractivity (Wildman–Crippen MR) is 127 cm³/mol. The average molecular weight is 466 g/mol. The first kappa shape index (κ1) is 21.2. The van der Waals surface area contributed by atoms with Crippen LogP contribution in [0, 0.1) is 0 Å². The minimum atomic E-state index is -0.105. The van der Waals surface area contributed by atoms with Gasteiger partial charge in [0.25, 0.3) is 0 Å². The Labute approximate surface area is 197 Å². The van der Waals surface area contributed by atoms with Crippen LogP contribution in [0.15, 0.2) is 70.7 Å². The van der Waals surface area contributed by atoms with E-state index in [1.807, 2.05) is 18.2 Å². The van der Waals surface area contributed by atoms with Gasteiger partial charge in [-0.1, -0.05) is 41.6 Å². The van der Waals surface area contributed by atoms with Crippen molar-refractivity contribution in [1.29, 1.82) is 0 Å². The molecule has 1 saturated heterocycles. The van der Waals surface area contributed by atoms with Crippen LogP contribution in [0.25, 0.3) is 0 Å². The van der Waals surface area contributed by atoms with Gasteiger partial charge in [-0.3, -0.25) is 9.69 Å². The third kappa shape index (κ3) is 4.75. The van der Waals surface area contributed by atoms with E-state index in [9.17, 15) is 4.79 Å². The number of carbonyl (C=O) groups is 1. The third-order valence-electron chi connectivity index (χ3n) is 5.87. The van der Waals surface area contributed by atoms with E-state index in [1.165, 1.54) is 10.5 Å². The zero-order chi connectivity index (χ0) is 21.9. The largest absolute Gasteiger partial charge is 0.348 e. The van der Waals surface area contributed by atoms with Crippen LogP contribution in [0.4, 0.5) is 5.95 Å². The molecule has 8 heteroatoms. The van der Waals surface area contributed by atoms with Crippen molar-refractivity contribution in [3.05, 3.63) is 77.1 Å². The van der Waals surface area contributed by atoms with Crippen molar-refractivity contribution in [2.45, 2.75) is 22.3 Å². The fourth-order valence-corrected chi connectivity index (χ4v) is 5.54. The number of amides is 1. The number of fused-ring (bicyclic) bond motifs is 2. The van der Waals surface area contributed by atoms with E-state index in [0.29, 0.717) is 11.6 Å². The summed E-state index contributed by atoms with van der Waals surface area (Å²) in [5.41, 5.74) is 2.32. The van der Waals surface area contributed by atoms with Crippen molar-refractivity contribution in [1.82, 2.24) is 20.2 Å². The van der Waals surface area contributed by atoms with Crippen LogP contribution in [0.3, 0.4) is 0 Å². The molecule has 0 spiro atoms. The fourth-order valence-electron chi connectivity index (χ4n) is 4.24. The molecule has 3 heterocycles. The molecule has 5 rings (SSSR count). The molecule has 1 fully saturated rings. The summed E-state index contributed by atoms with van der Waals surface area (Å²) >= 11 is 8.06. The second kappa shape index (κ2) is 9.48. The molecule has 0 aliphatic carbocycles. The Morgan fingerprint density at radius 2 is 1.81 bits per heavy atom. The van der Waals surface area contributed by atoms with E-state index in [1.54, 1.807) is 24.2 Å². The third-order valence-corrected chi connectivity index (χ3v) is 7.32. The van der Waals surface area contributed by atoms with Crippen LogP contribution in [0.1, 0.15) is 17.2 Å². The fraction of sp³-hybridized carbons (Fsp3) is 0.292. The molecule has 0 bridgehead atoms. The van der Waals surface area contributed by atoms with Gasteiger partial charge in [0, 0.05) is 53.4 Å². The Balaban J connectivity index is 1.25. The molecule has 6 nitrogen and oxygen atoms in total. The summed E-state index contributed by atoms with van der Waals surface area (Å²) in [5.74, 6) is 0.787. The number of halogens is 1. The first-order valence-corrected chi connectivity index (χ1v) is 11.9. The lowest BCUT2D eigenvalue weighted by Gasteiger charge is -2.34. The van der Waals surface area contributed by atoms with Gasteiger partial charge in [0.05, 0.1) is 12.6 Å². The number of nitrogens with one attached hydrogen (secondary N) is 1. The molecule has 0 radical (unpaired) electrons. The summed E-state index contributed by atoms with van der Waals surface area (Å²) in [4.78, 5) is 28.4. The van der Waals surface area contributed by atoms with Crippen LogP contribution in [0.5, 0.6) is 0 Å². The number of rotatable bonds is 4. The Hall–Kier alpha value is -2.61. The SMILES string of the molecule is O=C(CN1CCN(c2ncccn2)CC1)N[C@@H]1Cc2ccccc2Sc2ccc(Cl)cc21. The van der Waals surface area contributed by atoms with Crippen molar-refractivity contribution >= 4 is 35.2 Å². The summed E-state index contributed by atoms with van der Waals surface area (Å²) in [7, 11) is 0. The Morgan fingerprint density at radius 3 is 2.62 bits per heavy atom. The number of hydrogen-bond acceptors (Lipinski definition) is 6. The normalized spacial score (nSPS) is 18.4. The van der Waals surface area contributed by atoms with Gasteiger partial charge in [-0.15, -0.1) is 0 Å². The minimum Gasteiger partial charge on any atom is -0.348 e. The quantitative estimate of drug-likeness (QED) is 0.632. The molecule has 2 aliphatic heterocycles. The Morgan fingerprint density at radius 1 is 1.03 bits per heavy atom. The topological polar surface area (TPSA) is 61.4 Å². The van der Waals surface area contributed by atoms with Crippen molar-refractivity contribution in [2.24, 2.45) is 0 Å². The maximum Gasteiger partial charge on any atom is 0.234 e. The lowest BCUT2D eigenvalue weighted by atomic mass is 9.99. The molecule has 2 aromatic carbocycles. The lowest BCUT2D eigenvalue weighted by Crippen LogP contribution is -2.50. The number of aromatic nitrogens is 2. The molecule has 1 atom stereocenters. The maximum absolute atomic E-state index is 13.0. The summed E-state index contributed by atoms with van der Waals surface area (Å²) in [5, 5.41) is 3.97. The second-order valence-corrected chi connectivity index (χ2v) is 9.55. The highest BCUT2D eigenvalue weighted by molar-refractivity contribution is 7.99. The first-order chi connectivity index (χ1) is 15.7. The summed E-state index contributed by atoms with van der Waals surface area (Å²) in [6.07, 6.45) is 4.27. The van der Waals surface area contributed by atoms with Crippen molar-refractivity contribution in [3.63, 3.8) is 0 Å². The highest BCUT2D eigenvalue weighted by Crippen LogP contribution is 2.41. The molecule has 0 saturated carbocycles. The van der Waals surface area contributed by atoms with Gasteiger partial charge >= 0.3 is 0 Å². The Bertz CT molecular complexity index is 1100. The molecule has 2 aliphatic rings. The van der Waals surface area contributed by atoms with E-state index in [-0.39, 0.29) is 11.9 Å². The second-order valence-electron chi connectivity index (χ2n) is 8.03. The zero-order valence-corrected chi connectivity index (χ0v) is 19.1.